The Balaban J connectivity index is 2.74. The molecule has 2 aromatic rings. The van der Waals surface area contributed by atoms with Crippen molar-refractivity contribution in [3.63, 3.8) is 0 Å². The molecule has 0 aliphatic heterocycles. The standard InChI is InChI=1S/C16H17F3N2O6S/c1-25-8-9-5-4-6-10(14(9)28(23,24)16(17,18)19)13(22)15-20-11(26-2)7-12(21-15)27-3/h4-7,13,22H,8H2,1-3H3. The van der Waals surface area contributed by atoms with Gasteiger partial charge < -0.3 is 19.3 Å². The first-order chi connectivity index (χ1) is 13.1. The van der Waals surface area contributed by atoms with Crippen molar-refractivity contribution in [2.45, 2.75) is 23.1 Å². The maximum atomic E-state index is 13.2. The summed E-state index contributed by atoms with van der Waals surface area (Å²) in [6, 6.07) is 4.77. The summed E-state index contributed by atoms with van der Waals surface area (Å²) < 4.78 is 78.7. The predicted octanol–water partition coefficient (Wildman–Crippen LogP) is 2.02. The highest BCUT2D eigenvalue weighted by Gasteiger charge is 2.49. The van der Waals surface area contributed by atoms with Crippen LogP contribution < -0.4 is 9.47 Å². The zero-order chi connectivity index (χ0) is 21.1. The van der Waals surface area contributed by atoms with Crippen molar-refractivity contribution in [1.82, 2.24) is 9.97 Å². The molecule has 0 saturated carbocycles. The third kappa shape index (κ3) is 4.18. The summed E-state index contributed by atoms with van der Waals surface area (Å²) in [6.45, 7) is -0.423. The van der Waals surface area contributed by atoms with E-state index in [0.29, 0.717) is 0 Å². The quantitative estimate of drug-likeness (QED) is 0.722. The molecule has 28 heavy (non-hydrogen) atoms. The van der Waals surface area contributed by atoms with E-state index in [-0.39, 0.29) is 17.3 Å². The lowest BCUT2D eigenvalue weighted by atomic mass is 10.1. The lowest BCUT2D eigenvalue weighted by molar-refractivity contribution is -0.0438. The Morgan fingerprint density at radius 2 is 1.68 bits per heavy atom. The zero-order valence-corrected chi connectivity index (χ0v) is 15.8. The first kappa shape index (κ1) is 21.9. The molecular weight excluding hydrogens is 405 g/mol. The Morgan fingerprint density at radius 3 is 2.14 bits per heavy atom. The fourth-order valence-electron chi connectivity index (χ4n) is 2.42. The van der Waals surface area contributed by atoms with E-state index in [0.717, 1.165) is 12.1 Å². The molecule has 0 amide bonds. The summed E-state index contributed by atoms with van der Waals surface area (Å²) in [6.07, 6.45) is -1.91. The van der Waals surface area contributed by atoms with Crippen LogP contribution in [0.2, 0.25) is 0 Å². The van der Waals surface area contributed by atoms with Gasteiger partial charge in [-0.1, -0.05) is 18.2 Å². The van der Waals surface area contributed by atoms with Crippen molar-refractivity contribution in [1.29, 1.82) is 0 Å². The van der Waals surface area contributed by atoms with E-state index in [1.165, 1.54) is 33.5 Å². The van der Waals surface area contributed by atoms with Gasteiger partial charge in [0.05, 0.1) is 31.8 Å². The Kier molecular flexibility index (Phi) is 6.47. The molecule has 1 heterocycles. The van der Waals surface area contributed by atoms with Gasteiger partial charge in [-0.2, -0.15) is 23.1 Å². The van der Waals surface area contributed by atoms with Crippen molar-refractivity contribution in [2.75, 3.05) is 21.3 Å². The highest BCUT2D eigenvalue weighted by Crippen LogP contribution is 2.38. The molecular formula is C16H17F3N2O6S. The normalized spacial score (nSPS) is 13.2. The van der Waals surface area contributed by atoms with Gasteiger partial charge in [0.2, 0.25) is 11.8 Å². The monoisotopic (exact) mass is 422 g/mol. The van der Waals surface area contributed by atoms with E-state index in [9.17, 15) is 26.7 Å². The van der Waals surface area contributed by atoms with Crippen LogP contribution in [0.1, 0.15) is 23.1 Å². The summed E-state index contributed by atoms with van der Waals surface area (Å²) in [5.74, 6) is -0.465. The molecule has 0 fully saturated rings. The molecule has 0 aliphatic carbocycles. The number of aliphatic hydroxyl groups excluding tert-OH is 1. The van der Waals surface area contributed by atoms with E-state index in [1.807, 2.05) is 0 Å². The van der Waals surface area contributed by atoms with Crippen LogP contribution in [0.3, 0.4) is 0 Å². The molecule has 154 valence electrons. The fraction of sp³-hybridized carbons (Fsp3) is 0.375. The number of rotatable bonds is 7. The van der Waals surface area contributed by atoms with Crippen molar-refractivity contribution in [3.05, 3.63) is 41.2 Å². The number of benzene rings is 1. The van der Waals surface area contributed by atoms with E-state index >= 15 is 0 Å². The first-order valence-electron chi connectivity index (χ1n) is 7.64. The van der Waals surface area contributed by atoms with Crippen molar-refractivity contribution in [3.8, 4) is 11.8 Å². The number of ether oxygens (including phenoxy) is 3. The number of aliphatic hydroxyl groups is 1. The Hall–Kier alpha value is -2.44. The van der Waals surface area contributed by atoms with Gasteiger partial charge in [-0.3, -0.25) is 0 Å². The van der Waals surface area contributed by atoms with Gasteiger partial charge in [0.25, 0.3) is 9.84 Å². The minimum atomic E-state index is -5.80. The summed E-state index contributed by atoms with van der Waals surface area (Å²) in [4.78, 5) is 6.62. The molecule has 0 bridgehead atoms. The van der Waals surface area contributed by atoms with Crippen LogP contribution in [-0.4, -0.2) is 50.3 Å². The van der Waals surface area contributed by atoms with Gasteiger partial charge in [0.15, 0.2) is 5.82 Å². The number of nitrogens with zero attached hydrogens (tertiary/aromatic N) is 2. The molecule has 0 aliphatic rings. The summed E-state index contributed by atoms with van der Waals surface area (Å²) in [5.41, 5.74) is -6.41. The van der Waals surface area contributed by atoms with E-state index in [1.54, 1.807) is 0 Å². The topological polar surface area (TPSA) is 108 Å². The molecule has 1 N–H and O–H groups in total. The number of hydrogen-bond acceptors (Lipinski definition) is 8. The van der Waals surface area contributed by atoms with Gasteiger partial charge in [-0.25, -0.2) is 8.42 Å². The second-order valence-corrected chi connectivity index (χ2v) is 7.31. The Bertz CT molecular complexity index is 928. The Labute approximate surface area is 158 Å². The van der Waals surface area contributed by atoms with Crippen molar-refractivity contribution < 1.29 is 40.9 Å². The number of methoxy groups -OCH3 is 3. The van der Waals surface area contributed by atoms with Crippen LogP contribution in [0.25, 0.3) is 0 Å². The van der Waals surface area contributed by atoms with Crippen LogP contribution >= 0.6 is 0 Å². The molecule has 0 radical (unpaired) electrons. The average Bonchev–Trinajstić information content (AvgIpc) is 2.65. The van der Waals surface area contributed by atoms with Crippen molar-refractivity contribution in [2.24, 2.45) is 0 Å². The van der Waals surface area contributed by atoms with Crippen LogP contribution in [0.15, 0.2) is 29.2 Å². The third-order valence-corrected chi connectivity index (χ3v) is 5.30. The van der Waals surface area contributed by atoms with Crippen LogP contribution in [-0.2, 0) is 21.2 Å². The highest BCUT2D eigenvalue weighted by atomic mass is 32.2. The zero-order valence-electron chi connectivity index (χ0n) is 15.0. The molecule has 0 saturated heterocycles. The van der Waals surface area contributed by atoms with Gasteiger partial charge in [-0.15, -0.1) is 0 Å². The largest absolute Gasteiger partial charge is 0.501 e. The number of halogens is 3. The molecule has 2 rings (SSSR count). The molecule has 0 spiro atoms. The van der Waals surface area contributed by atoms with E-state index in [2.05, 4.69) is 9.97 Å². The maximum absolute atomic E-state index is 13.2. The van der Waals surface area contributed by atoms with Crippen LogP contribution in [0.5, 0.6) is 11.8 Å². The number of alkyl halides is 3. The third-order valence-electron chi connectivity index (χ3n) is 3.65. The first-order valence-corrected chi connectivity index (χ1v) is 9.12. The van der Waals surface area contributed by atoms with Crippen LogP contribution in [0.4, 0.5) is 13.2 Å². The number of sulfone groups is 1. The molecule has 1 aromatic carbocycles. The average molecular weight is 422 g/mol. The van der Waals surface area contributed by atoms with E-state index in [4.69, 9.17) is 14.2 Å². The maximum Gasteiger partial charge on any atom is 0.501 e. The van der Waals surface area contributed by atoms with Gasteiger partial charge in [0, 0.05) is 12.7 Å². The van der Waals surface area contributed by atoms with Crippen LogP contribution in [0, 0.1) is 0 Å². The van der Waals surface area contributed by atoms with Crippen molar-refractivity contribution >= 4 is 9.84 Å². The number of aromatic nitrogens is 2. The molecule has 1 aromatic heterocycles. The molecule has 8 nitrogen and oxygen atoms in total. The fourth-order valence-corrected chi connectivity index (χ4v) is 3.62. The summed E-state index contributed by atoms with van der Waals surface area (Å²) in [7, 11) is -2.06. The minimum absolute atomic E-state index is 0.0332. The molecule has 1 unspecified atom stereocenters. The lowest BCUT2D eigenvalue weighted by Crippen LogP contribution is -2.27. The lowest BCUT2D eigenvalue weighted by Gasteiger charge is -2.19. The minimum Gasteiger partial charge on any atom is -0.481 e. The Morgan fingerprint density at radius 1 is 1.11 bits per heavy atom. The summed E-state index contributed by atoms with van der Waals surface area (Å²) >= 11 is 0. The predicted molar refractivity (Wildman–Crippen MR) is 89.6 cm³/mol. The summed E-state index contributed by atoms with van der Waals surface area (Å²) in [5, 5.41) is 10.6. The SMILES string of the molecule is COCc1cccc(C(O)c2nc(OC)cc(OC)n2)c1S(=O)(=O)C(F)(F)F. The second-order valence-electron chi connectivity index (χ2n) is 5.43. The van der Waals surface area contributed by atoms with Gasteiger partial charge in [-0.05, 0) is 5.56 Å². The smallest absolute Gasteiger partial charge is 0.481 e. The van der Waals surface area contributed by atoms with E-state index < -0.39 is 44.3 Å². The number of hydrogen-bond donors (Lipinski definition) is 1. The highest BCUT2D eigenvalue weighted by molar-refractivity contribution is 7.92. The second kappa shape index (κ2) is 8.29. The van der Waals surface area contributed by atoms with Gasteiger partial charge in [0.1, 0.15) is 6.10 Å². The molecule has 1 atom stereocenters. The molecule has 12 heteroatoms. The van der Waals surface area contributed by atoms with Gasteiger partial charge >= 0.3 is 5.51 Å².